The number of nitrogens with two attached hydrogens (primary N) is 1. The summed E-state index contributed by atoms with van der Waals surface area (Å²) in [5, 5.41) is 44.5. The largest absolute Gasteiger partial charge is 0.378 e. The van der Waals surface area contributed by atoms with E-state index in [-0.39, 0.29) is 16.8 Å². The van der Waals surface area contributed by atoms with Gasteiger partial charge in [-0.05, 0) is 11.1 Å². The van der Waals surface area contributed by atoms with Crippen molar-refractivity contribution in [1.29, 1.82) is 5.26 Å². The Hall–Kier alpha value is -3.84. The standard InChI is InChI=1S/C19H16N4O6/c20-11-18(17(21)24)10-19(25,13-6-2-1-3-7-13)16(23(28)29)15(18)12-5-4-8-14(9-12)22(26)27/h1-9,15-16,25H,10H2,(H2,21,24)/t15-,16-,18-,19-/m0/s1. The van der Waals surface area contributed by atoms with Gasteiger partial charge in [0.05, 0.1) is 16.9 Å². The Balaban J connectivity index is 2.32. The molecule has 0 spiro atoms. The number of nitro groups is 2. The molecule has 10 heteroatoms. The fourth-order valence-electron chi connectivity index (χ4n) is 4.18. The Bertz CT molecular complexity index is 1040. The van der Waals surface area contributed by atoms with Gasteiger partial charge in [-0.15, -0.1) is 0 Å². The fraction of sp³-hybridized carbons (Fsp3) is 0.263. The molecule has 0 radical (unpaired) electrons. The lowest BCUT2D eigenvalue weighted by atomic mass is 9.73. The summed E-state index contributed by atoms with van der Waals surface area (Å²) in [6, 6.07) is 12.5. The van der Waals surface area contributed by atoms with Crippen molar-refractivity contribution in [1.82, 2.24) is 0 Å². The highest BCUT2D eigenvalue weighted by Gasteiger charge is 2.71. The summed E-state index contributed by atoms with van der Waals surface area (Å²) in [7, 11) is 0. The third kappa shape index (κ3) is 2.97. The summed E-state index contributed by atoms with van der Waals surface area (Å²) in [6.07, 6.45) is -0.616. The molecule has 0 saturated heterocycles. The van der Waals surface area contributed by atoms with Crippen LogP contribution in [0.3, 0.4) is 0 Å². The molecule has 0 unspecified atom stereocenters. The van der Waals surface area contributed by atoms with Crippen LogP contribution in [0.4, 0.5) is 5.69 Å². The zero-order valence-electron chi connectivity index (χ0n) is 15.0. The number of nitro benzene ring substituents is 1. The lowest BCUT2D eigenvalue weighted by molar-refractivity contribution is -0.547. The summed E-state index contributed by atoms with van der Waals surface area (Å²) in [4.78, 5) is 34.2. The summed E-state index contributed by atoms with van der Waals surface area (Å²) in [6.45, 7) is 0. The van der Waals surface area contributed by atoms with Gasteiger partial charge in [0.1, 0.15) is 0 Å². The van der Waals surface area contributed by atoms with Crippen molar-refractivity contribution in [3.05, 3.63) is 86.0 Å². The number of primary amides is 1. The van der Waals surface area contributed by atoms with Crippen molar-refractivity contribution in [2.45, 2.75) is 24.0 Å². The molecule has 2 aromatic carbocycles. The van der Waals surface area contributed by atoms with Crippen LogP contribution in [-0.2, 0) is 10.4 Å². The lowest BCUT2D eigenvalue weighted by Gasteiger charge is -2.26. The van der Waals surface area contributed by atoms with E-state index in [4.69, 9.17) is 5.73 Å². The quantitative estimate of drug-likeness (QED) is 0.570. The molecular formula is C19H16N4O6. The van der Waals surface area contributed by atoms with Crippen LogP contribution in [0.25, 0.3) is 0 Å². The van der Waals surface area contributed by atoms with E-state index >= 15 is 0 Å². The first-order valence-corrected chi connectivity index (χ1v) is 8.54. The molecule has 3 rings (SSSR count). The van der Waals surface area contributed by atoms with E-state index in [0.717, 1.165) is 6.07 Å². The van der Waals surface area contributed by atoms with Gasteiger partial charge >= 0.3 is 0 Å². The Labute approximate surface area is 164 Å². The molecular weight excluding hydrogens is 380 g/mol. The second-order valence-electron chi connectivity index (χ2n) is 6.97. The van der Waals surface area contributed by atoms with Gasteiger partial charge in [-0.2, -0.15) is 5.26 Å². The second kappa shape index (κ2) is 6.96. The molecule has 10 nitrogen and oxygen atoms in total. The van der Waals surface area contributed by atoms with Crippen molar-refractivity contribution in [3.63, 3.8) is 0 Å². The van der Waals surface area contributed by atoms with E-state index in [1.807, 2.05) is 0 Å². The topological polar surface area (TPSA) is 173 Å². The molecule has 1 amide bonds. The normalized spacial score (nSPS) is 28.4. The molecule has 0 aromatic heterocycles. The van der Waals surface area contributed by atoms with E-state index in [0.29, 0.717) is 0 Å². The number of carbonyl (C=O) groups excluding carboxylic acids is 1. The van der Waals surface area contributed by atoms with Crippen LogP contribution in [0, 0.1) is 37.0 Å². The van der Waals surface area contributed by atoms with Gasteiger partial charge in [0.15, 0.2) is 11.0 Å². The minimum absolute atomic E-state index is 0.00751. The smallest absolute Gasteiger partial charge is 0.269 e. The third-order valence-electron chi connectivity index (χ3n) is 5.46. The van der Waals surface area contributed by atoms with Crippen molar-refractivity contribution < 1.29 is 19.7 Å². The Kier molecular flexibility index (Phi) is 4.78. The molecule has 0 heterocycles. The van der Waals surface area contributed by atoms with Crippen LogP contribution >= 0.6 is 0 Å². The molecule has 1 aliphatic rings. The maximum Gasteiger partial charge on any atom is 0.269 e. The van der Waals surface area contributed by atoms with Crippen molar-refractivity contribution in [2.75, 3.05) is 0 Å². The van der Waals surface area contributed by atoms with Crippen molar-refractivity contribution in [3.8, 4) is 6.07 Å². The number of nitriles is 1. The maximum absolute atomic E-state index is 12.4. The number of hydrogen-bond acceptors (Lipinski definition) is 7. The van der Waals surface area contributed by atoms with Gasteiger partial charge in [-0.1, -0.05) is 42.5 Å². The van der Waals surface area contributed by atoms with Crippen LogP contribution < -0.4 is 5.73 Å². The van der Waals surface area contributed by atoms with Gasteiger partial charge in [-0.25, -0.2) is 0 Å². The van der Waals surface area contributed by atoms with Gasteiger partial charge in [-0.3, -0.25) is 25.0 Å². The van der Waals surface area contributed by atoms with Gasteiger partial charge in [0, 0.05) is 23.5 Å². The first-order valence-electron chi connectivity index (χ1n) is 8.54. The van der Waals surface area contributed by atoms with Crippen LogP contribution in [0.2, 0.25) is 0 Å². The summed E-state index contributed by atoms with van der Waals surface area (Å²) in [5.41, 5.74) is 0.962. The van der Waals surface area contributed by atoms with Gasteiger partial charge < -0.3 is 10.8 Å². The Morgan fingerprint density at radius 3 is 2.34 bits per heavy atom. The SMILES string of the molecule is N#C[C@@]1(C(N)=O)C[C@](O)(c2ccccc2)[C@@H]([N+](=O)[O-])[C@@H]1c1cccc([N+](=O)[O-])c1. The van der Waals surface area contributed by atoms with E-state index in [1.165, 1.54) is 30.3 Å². The summed E-state index contributed by atoms with van der Waals surface area (Å²) in [5.74, 6) is -2.64. The first-order chi connectivity index (χ1) is 13.7. The van der Waals surface area contributed by atoms with Gasteiger partial charge in [0.2, 0.25) is 5.91 Å². The van der Waals surface area contributed by atoms with E-state index in [2.05, 4.69) is 0 Å². The fourth-order valence-corrected chi connectivity index (χ4v) is 4.18. The van der Waals surface area contributed by atoms with Gasteiger partial charge in [0.25, 0.3) is 11.7 Å². The Morgan fingerprint density at radius 1 is 1.17 bits per heavy atom. The average molecular weight is 396 g/mol. The molecule has 3 N–H and O–H groups in total. The summed E-state index contributed by atoms with van der Waals surface area (Å²) >= 11 is 0. The number of hydrogen-bond donors (Lipinski definition) is 2. The summed E-state index contributed by atoms with van der Waals surface area (Å²) < 4.78 is 0. The van der Waals surface area contributed by atoms with Crippen LogP contribution in [0.1, 0.15) is 23.5 Å². The molecule has 29 heavy (non-hydrogen) atoms. The molecule has 1 fully saturated rings. The predicted molar refractivity (Wildman–Crippen MR) is 98.8 cm³/mol. The highest BCUT2D eigenvalue weighted by Crippen LogP contribution is 2.58. The predicted octanol–water partition coefficient (Wildman–Crippen LogP) is 1.61. The molecule has 4 atom stereocenters. The molecule has 0 aliphatic heterocycles. The number of non-ortho nitro benzene ring substituents is 1. The number of amides is 1. The molecule has 1 aliphatic carbocycles. The zero-order chi connectivity index (χ0) is 21.4. The molecule has 0 bridgehead atoms. The molecule has 2 aromatic rings. The number of carbonyl (C=O) groups is 1. The number of nitrogens with zero attached hydrogens (tertiary/aromatic N) is 3. The molecule has 148 valence electrons. The van der Waals surface area contributed by atoms with E-state index in [9.17, 15) is 35.4 Å². The maximum atomic E-state index is 12.4. The average Bonchev–Trinajstić information content (AvgIpc) is 3.00. The lowest BCUT2D eigenvalue weighted by Crippen LogP contribution is -2.43. The monoisotopic (exact) mass is 396 g/mol. The second-order valence-corrected chi connectivity index (χ2v) is 6.97. The third-order valence-corrected chi connectivity index (χ3v) is 5.46. The minimum Gasteiger partial charge on any atom is -0.378 e. The van der Waals surface area contributed by atoms with Crippen LogP contribution in [0.5, 0.6) is 0 Å². The highest BCUT2D eigenvalue weighted by molar-refractivity contribution is 5.86. The minimum atomic E-state index is -2.19. The van der Waals surface area contributed by atoms with Crippen molar-refractivity contribution in [2.24, 2.45) is 11.1 Å². The van der Waals surface area contributed by atoms with Crippen LogP contribution in [-0.4, -0.2) is 26.9 Å². The number of benzene rings is 2. The first kappa shape index (κ1) is 19.9. The zero-order valence-corrected chi connectivity index (χ0v) is 15.0. The number of aliphatic hydroxyl groups is 1. The Morgan fingerprint density at radius 2 is 1.83 bits per heavy atom. The van der Waals surface area contributed by atoms with E-state index < -0.39 is 45.2 Å². The van der Waals surface area contributed by atoms with Crippen molar-refractivity contribution >= 4 is 11.6 Å². The molecule has 1 saturated carbocycles. The van der Waals surface area contributed by atoms with Crippen LogP contribution in [0.15, 0.2) is 54.6 Å². The highest BCUT2D eigenvalue weighted by atomic mass is 16.6. The number of rotatable bonds is 5. The van der Waals surface area contributed by atoms with E-state index in [1.54, 1.807) is 24.3 Å².